The van der Waals surface area contributed by atoms with Crippen molar-refractivity contribution in [3.05, 3.63) is 108 Å². The molecule has 0 bridgehead atoms. The van der Waals surface area contributed by atoms with Crippen LogP contribution in [-0.2, 0) is 0 Å². The van der Waals surface area contributed by atoms with Gasteiger partial charge in [-0.05, 0) is 66.3 Å². The van der Waals surface area contributed by atoms with Crippen LogP contribution in [0.25, 0.3) is 22.3 Å². The summed E-state index contributed by atoms with van der Waals surface area (Å²) in [6, 6.07) is 19.6. The Kier molecular flexibility index (Phi) is 6.46. The summed E-state index contributed by atoms with van der Waals surface area (Å²) in [6.45, 7) is 5.38. The Morgan fingerprint density at radius 2 is 1.45 bits per heavy atom. The van der Waals surface area contributed by atoms with E-state index >= 15 is 0 Å². The number of allylic oxidation sites excluding steroid dienone is 3. The summed E-state index contributed by atoms with van der Waals surface area (Å²) in [5, 5.41) is 0. The molecule has 31 heavy (non-hydrogen) atoms. The van der Waals surface area contributed by atoms with Crippen molar-refractivity contribution >= 4 is 0 Å². The van der Waals surface area contributed by atoms with E-state index < -0.39 is 11.6 Å². The van der Waals surface area contributed by atoms with Gasteiger partial charge in [-0.3, -0.25) is 0 Å². The Morgan fingerprint density at radius 3 is 2.06 bits per heavy atom. The average Bonchev–Trinajstić information content (AvgIpc) is 2.82. The van der Waals surface area contributed by atoms with Gasteiger partial charge in [0.1, 0.15) is 0 Å². The monoisotopic (exact) mass is 414 g/mol. The lowest BCUT2D eigenvalue weighted by Crippen LogP contribution is -2.07. The molecular formula is C29H28F2. The van der Waals surface area contributed by atoms with Crippen LogP contribution in [0.5, 0.6) is 0 Å². The first kappa shape index (κ1) is 21.2. The molecule has 0 fully saturated rings. The summed E-state index contributed by atoms with van der Waals surface area (Å²) >= 11 is 0. The van der Waals surface area contributed by atoms with E-state index in [1.807, 2.05) is 30.3 Å². The molecule has 2 atom stereocenters. The molecule has 0 amide bonds. The Hall–Kier alpha value is -3.00. The summed E-state index contributed by atoms with van der Waals surface area (Å²) in [7, 11) is 0. The molecule has 0 saturated heterocycles. The fourth-order valence-electron chi connectivity index (χ4n) is 4.36. The van der Waals surface area contributed by atoms with Crippen molar-refractivity contribution < 1.29 is 8.78 Å². The second kappa shape index (κ2) is 9.43. The number of rotatable bonds is 6. The fraction of sp³-hybridized carbons (Fsp3) is 0.241. The van der Waals surface area contributed by atoms with Gasteiger partial charge in [0.15, 0.2) is 11.6 Å². The third-order valence-corrected chi connectivity index (χ3v) is 6.35. The number of hydrogen-bond acceptors (Lipinski definition) is 0. The van der Waals surface area contributed by atoms with Crippen molar-refractivity contribution in [3.63, 3.8) is 0 Å². The zero-order chi connectivity index (χ0) is 21.8. The Labute approximate surface area is 184 Å². The maximum absolute atomic E-state index is 14.3. The SMILES string of the molecule is C=CCCC1C=CC(c2ccc(-c3ccc(-c4ccc(C)c(F)c4F)cc3)cc2)CC1. The standard InChI is InChI=1S/C29H28F2/c1-3-4-5-21-7-9-22(10-8-21)23-11-13-24(14-12-23)25-15-17-26(18-16-25)27-19-6-20(2)28(30)29(27)31/h3,6-7,9,11-19,21-22H,1,4-5,8,10H2,2H3. The molecule has 1 aliphatic rings. The lowest BCUT2D eigenvalue weighted by Gasteiger charge is -2.23. The number of hydrogen-bond donors (Lipinski definition) is 0. The van der Waals surface area contributed by atoms with Gasteiger partial charge in [-0.25, -0.2) is 8.78 Å². The van der Waals surface area contributed by atoms with Crippen molar-refractivity contribution in [1.29, 1.82) is 0 Å². The molecule has 0 spiro atoms. The highest BCUT2D eigenvalue weighted by Gasteiger charge is 2.17. The normalized spacial score (nSPS) is 18.2. The van der Waals surface area contributed by atoms with Crippen LogP contribution in [0.2, 0.25) is 0 Å². The van der Waals surface area contributed by atoms with Crippen LogP contribution in [0.1, 0.15) is 42.7 Å². The van der Waals surface area contributed by atoms with Crippen LogP contribution in [0.3, 0.4) is 0 Å². The minimum atomic E-state index is -0.788. The molecule has 2 heteroatoms. The van der Waals surface area contributed by atoms with Crippen molar-refractivity contribution in [2.75, 3.05) is 0 Å². The second-order valence-electron chi connectivity index (χ2n) is 8.45. The fourth-order valence-corrected chi connectivity index (χ4v) is 4.36. The van der Waals surface area contributed by atoms with Gasteiger partial charge in [-0.2, -0.15) is 0 Å². The minimum Gasteiger partial charge on any atom is -0.203 e. The molecule has 0 radical (unpaired) electrons. The minimum absolute atomic E-state index is 0.292. The molecule has 2 unspecified atom stereocenters. The highest BCUT2D eigenvalue weighted by atomic mass is 19.2. The largest absolute Gasteiger partial charge is 0.203 e. The van der Waals surface area contributed by atoms with Crippen LogP contribution in [-0.4, -0.2) is 0 Å². The first-order valence-electron chi connectivity index (χ1n) is 11.0. The molecule has 3 aromatic carbocycles. The summed E-state index contributed by atoms with van der Waals surface area (Å²) in [4.78, 5) is 0. The molecule has 0 nitrogen and oxygen atoms in total. The Bertz CT molecular complexity index is 1070. The Morgan fingerprint density at radius 1 is 0.806 bits per heavy atom. The maximum Gasteiger partial charge on any atom is 0.166 e. The maximum atomic E-state index is 14.3. The summed E-state index contributed by atoms with van der Waals surface area (Å²) < 4.78 is 28.2. The van der Waals surface area contributed by atoms with Crippen molar-refractivity contribution in [2.24, 2.45) is 5.92 Å². The van der Waals surface area contributed by atoms with Crippen LogP contribution in [0.4, 0.5) is 8.78 Å². The third-order valence-electron chi connectivity index (χ3n) is 6.35. The van der Waals surface area contributed by atoms with E-state index in [1.54, 1.807) is 19.1 Å². The molecule has 0 aliphatic heterocycles. The zero-order valence-corrected chi connectivity index (χ0v) is 18.0. The molecule has 158 valence electrons. The summed E-state index contributed by atoms with van der Waals surface area (Å²) in [5.41, 5.74) is 4.81. The Balaban J connectivity index is 1.48. The van der Waals surface area contributed by atoms with Crippen LogP contribution >= 0.6 is 0 Å². The first-order valence-corrected chi connectivity index (χ1v) is 11.0. The smallest absolute Gasteiger partial charge is 0.166 e. The van der Waals surface area contributed by atoms with Crippen molar-refractivity contribution in [2.45, 2.75) is 38.5 Å². The summed E-state index contributed by atoms with van der Waals surface area (Å²) in [5.74, 6) is -0.403. The summed E-state index contributed by atoms with van der Waals surface area (Å²) in [6.07, 6.45) is 11.4. The molecule has 0 aromatic heterocycles. The predicted octanol–water partition coefficient (Wildman–Crippen LogP) is 8.62. The second-order valence-corrected chi connectivity index (χ2v) is 8.45. The third kappa shape index (κ3) is 4.69. The van der Waals surface area contributed by atoms with E-state index in [4.69, 9.17) is 0 Å². The van der Waals surface area contributed by atoms with Gasteiger partial charge in [0, 0.05) is 11.5 Å². The van der Waals surface area contributed by atoms with E-state index in [-0.39, 0.29) is 0 Å². The lowest BCUT2D eigenvalue weighted by atomic mass is 9.82. The number of aryl methyl sites for hydroxylation is 1. The molecule has 1 aliphatic carbocycles. The van der Waals surface area contributed by atoms with Crippen molar-refractivity contribution in [1.82, 2.24) is 0 Å². The molecule has 0 saturated carbocycles. The van der Waals surface area contributed by atoms with Gasteiger partial charge in [0.25, 0.3) is 0 Å². The number of benzene rings is 3. The van der Waals surface area contributed by atoms with Gasteiger partial charge < -0.3 is 0 Å². The van der Waals surface area contributed by atoms with Gasteiger partial charge in [-0.1, -0.05) is 78.9 Å². The van der Waals surface area contributed by atoms with E-state index in [0.29, 0.717) is 28.5 Å². The van der Waals surface area contributed by atoms with E-state index in [2.05, 4.69) is 43.0 Å². The highest BCUT2D eigenvalue weighted by Crippen LogP contribution is 2.34. The molecule has 0 N–H and O–H groups in total. The molecule has 4 rings (SSSR count). The molecule has 0 heterocycles. The predicted molar refractivity (Wildman–Crippen MR) is 126 cm³/mol. The van der Waals surface area contributed by atoms with Gasteiger partial charge >= 0.3 is 0 Å². The zero-order valence-electron chi connectivity index (χ0n) is 18.0. The van der Waals surface area contributed by atoms with E-state index in [0.717, 1.165) is 17.5 Å². The van der Waals surface area contributed by atoms with E-state index in [1.165, 1.54) is 24.8 Å². The quantitative estimate of drug-likeness (QED) is 0.354. The molecular weight excluding hydrogens is 386 g/mol. The number of halogens is 2. The van der Waals surface area contributed by atoms with Crippen LogP contribution in [0, 0.1) is 24.5 Å². The first-order chi connectivity index (χ1) is 15.1. The van der Waals surface area contributed by atoms with Crippen molar-refractivity contribution in [3.8, 4) is 22.3 Å². The molecule has 3 aromatic rings. The van der Waals surface area contributed by atoms with E-state index in [9.17, 15) is 8.78 Å². The average molecular weight is 415 g/mol. The van der Waals surface area contributed by atoms with Gasteiger partial charge in [0.2, 0.25) is 0 Å². The lowest BCUT2D eigenvalue weighted by molar-refractivity contribution is 0.485. The topological polar surface area (TPSA) is 0 Å². The van der Waals surface area contributed by atoms with Crippen LogP contribution in [0.15, 0.2) is 85.5 Å². The van der Waals surface area contributed by atoms with Gasteiger partial charge in [-0.15, -0.1) is 6.58 Å². The van der Waals surface area contributed by atoms with Gasteiger partial charge in [0.05, 0.1) is 0 Å². The van der Waals surface area contributed by atoms with Crippen LogP contribution < -0.4 is 0 Å². The highest BCUT2D eigenvalue weighted by molar-refractivity contribution is 5.71.